The predicted octanol–water partition coefficient (Wildman–Crippen LogP) is 2.93. The molecule has 0 radical (unpaired) electrons. The standard InChI is InChI=1S/C17H23NO3/c1-10(15-5-4-14(20-2)9-16(15)21-3)18-17(19)13-7-11-6-12(11)8-13/h4-5,9-13H,6-8H2,1-3H3,(H,18,19). The maximum Gasteiger partial charge on any atom is 0.223 e. The Morgan fingerprint density at radius 2 is 1.90 bits per heavy atom. The summed E-state index contributed by atoms with van der Waals surface area (Å²) in [6.07, 6.45) is 3.48. The molecule has 2 aliphatic carbocycles. The van der Waals surface area contributed by atoms with Crippen molar-refractivity contribution in [2.45, 2.75) is 32.2 Å². The predicted molar refractivity (Wildman–Crippen MR) is 80.4 cm³/mol. The van der Waals surface area contributed by atoms with E-state index in [0.717, 1.165) is 41.7 Å². The zero-order chi connectivity index (χ0) is 15.0. The molecule has 4 heteroatoms. The SMILES string of the molecule is COc1ccc(C(C)NC(=O)C2CC3CC3C2)c(OC)c1. The second-order valence-corrected chi connectivity index (χ2v) is 6.26. The fourth-order valence-corrected chi connectivity index (χ4v) is 3.51. The second kappa shape index (κ2) is 5.58. The maximum atomic E-state index is 12.3. The Bertz CT molecular complexity index is 533. The van der Waals surface area contributed by atoms with Crippen LogP contribution in [0.4, 0.5) is 0 Å². The van der Waals surface area contributed by atoms with Gasteiger partial charge in [-0.2, -0.15) is 0 Å². The van der Waals surface area contributed by atoms with Crippen LogP contribution in [0.15, 0.2) is 18.2 Å². The number of hydrogen-bond acceptors (Lipinski definition) is 3. The number of rotatable bonds is 5. The molecule has 3 rings (SSSR count). The summed E-state index contributed by atoms with van der Waals surface area (Å²) < 4.78 is 10.6. The summed E-state index contributed by atoms with van der Waals surface area (Å²) in [5, 5.41) is 3.13. The van der Waals surface area contributed by atoms with Crippen LogP contribution in [0, 0.1) is 17.8 Å². The molecule has 2 fully saturated rings. The average Bonchev–Trinajstić information content (AvgIpc) is 3.12. The largest absolute Gasteiger partial charge is 0.497 e. The topological polar surface area (TPSA) is 47.6 Å². The molecule has 21 heavy (non-hydrogen) atoms. The van der Waals surface area contributed by atoms with E-state index < -0.39 is 0 Å². The smallest absolute Gasteiger partial charge is 0.223 e. The van der Waals surface area contributed by atoms with Gasteiger partial charge in [-0.3, -0.25) is 4.79 Å². The van der Waals surface area contributed by atoms with Crippen molar-refractivity contribution in [2.24, 2.45) is 17.8 Å². The molecule has 3 unspecified atom stereocenters. The highest BCUT2D eigenvalue weighted by Crippen LogP contribution is 2.54. The van der Waals surface area contributed by atoms with Crippen LogP contribution in [0.25, 0.3) is 0 Å². The first-order chi connectivity index (χ1) is 10.1. The van der Waals surface area contributed by atoms with E-state index in [2.05, 4.69) is 5.32 Å². The third-order valence-corrected chi connectivity index (χ3v) is 4.88. The zero-order valence-corrected chi connectivity index (χ0v) is 12.9. The van der Waals surface area contributed by atoms with Gasteiger partial charge in [0.05, 0.1) is 20.3 Å². The highest BCUT2D eigenvalue weighted by Gasteiger charge is 2.48. The van der Waals surface area contributed by atoms with Gasteiger partial charge in [-0.1, -0.05) is 0 Å². The molecule has 0 spiro atoms. The molecule has 1 amide bonds. The highest BCUT2D eigenvalue weighted by molar-refractivity contribution is 5.79. The maximum absolute atomic E-state index is 12.3. The summed E-state index contributed by atoms with van der Waals surface area (Å²) in [4.78, 5) is 12.3. The molecule has 1 aromatic carbocycles. The number of amides is 1. The summed E-state index contributed by atoms with van der Waals surface area (Å²) in [6.45, 7) is 2.00. The fourth-order valence-electron chi connectivity index (χ4n) is 3.51. The molecule has 114 valence electrons. The Morgan fingerprint density at radius 1 is 1.19 bits per heavy atom. The van der Waals surface area contributed by atoms with Crippen molar-refractivity contribution in [3.8, 4) is 11.5 Å². The Morgan fingerprint density at radius 3 is 2.52 bits per heavy atom. The normalized spacial score (nSPS) is 27.7. The first-order valence-electron chi connectivity index (χ1n) is 7.64. The number of benzene rings is 1. The lowest BCUT2D eigenvalue weighted by molar-refractivity contribution is -0.125. The van der Waals surface area contributed by atoms with Gasteiger partial charge in [-0.05, 0) is 50.2 Å². The number of hydrogen-bond donors (Lipinski definition) is 1. The molecule has 1 N–H and O–H groups in total. The van der Waals surface area contributed by atoms with E-state index in [4.69, 9.17) is 9.47 Å². The van der Waals surface area contributed by atoms with Crippen LogP contribution in [0.2, 0.25) is 0 Å². The van der Waals surface area contributed by atoms with E-state index in [9.17, 15) is 4.79 Å². The van der Waals surface area contributed by atoms with E-state index in [1.807, 2.05) is 25.1 Å². The lowest BCUT2D eigenvalue weighted by Crippen LogP contribution is -2.32. The minimum Gasteiger partial charge on any atom is -0.497 e. The van der Waals surface area contributed by atoms with E-state index in [0.29, 0.717) is 0 Å². The van der Waals surface area contributed by atoms with E-state index in [-0.39, 0.29) is 17.9 Å². The quantitative estimate of drug-likeness (QED) is 0.906. The minimum absolute atomic E-state index is 0.0599. The van der Waals surface area contributed by atoms with E-state index in [1.165, 1.54) is 6.42 Å². The fraction of sp³-hybridized carbons (Fsp3) is 0.588. The number of fused-ring (bicyclic) bond motifs is 1. The number of carbonyl (C=O) groups excluding carboxylic acids is 1. The number of ether oxygens (including phenoxy) is 2. The Balaban J connectivity index is 1.66. The molecule has 0 aliphatic heterocycles. The van der Waals surface area contributed by atoms with Gasteiger partial charge in [0.1, 0.15) is 11.5 Å². The molecule has 2 aliphatic rings. The van der Waals surface area contributed by atoms with Crippen molar-refractivity contribution in [3.05, 3.63) is 23.8 Å². The van der Waals surface area contributed by atoms with Gasteiger partial charge < -0.3 is 14.8 Å². The van der Waals surface area contributed by atoms with Crippen LogP contribution in [0.3, 0.4) is 0 Å². The van der Waals surface area contributed by atoms with Crippen LogP contribution in [-0.2, 0) is 4.79 Å². The third-order valence-electron chi connectivity index (χ3n) is 4.88. The zero-order valence-electron chi connectivity index (χ0n) is 12.9. The molecule has 0 aromatic heterocycles. The Labute approximate surface area is 125 Å². The summed E-state index contributed by atoms with van der Waals surface area (Å²) >= 11 is 0. The first kappa shape index (κ1) is 14.2. The van der Waals surface area contributed by atoms with Crippen molar-refractivity contribution in [2.75, 3.05) is 14.2 Å². The van der Waals surface area contributed by atoms with Crippen molar-refractivity contribution in [1.82, 2.24) is 5.32 Å². The molecule has 1 aromatic rings. The van der Waals surface area contributed by atoms with Crippen molar-refractivity contribution in [3.63, 3.8) is 0 Å². The Kier molecular flexibility index (Phi) is 3.79. The van der Waals surface area contributed by atoms with Crippen molar-refractivity contribution >= 4 is 5.91 Å². The number of carbonyl (C=O) groups is 1. The summed E-state index contributed by atoms with van der Waals surface area (Å²) in [5.41, 5.74) is 0.981. The molecule has 4 nitrogen and oxygen atoms in total. The van der Waals surface area contributed by atoms with Gasteiger partial charge in [0.15, 0.2) is 0 Å². The van der Waals surface area contributed by atoms with Gasteiger partial charge >= 0.3 is 0 Å². The van der Waals surface area contributed by atoms with Gasteiger partial charge in [-0.25, -0.2) is 0 Å². The number of nitrogens with one attached hydrogen (secondary N) is 1. The minimum atomic E-state index is -0.0599. The highest BCUT2D eigenvalue weighted by atomic mass is 16.5. The van der Waals surface area contributed by atoms with Crippen LogP contribution in [0.5, 0.6) is 11.5 Å². The molecule has 2 saturated carbocycles. The second-order valence-electron chi connectivity index (χ2n) is 6.26. The number of methoxy groups -OCH3 is 2. The first-order valence-corrected chi connectivity index (χ1v) is 7.64. The molecule has 3 atom stereocenters. The molecule has 0 heterocycles. The van der Waals surface area contributed by atoms with Crippen molar-refractivity contribution in [1.29, 1.82) is 0 Å². The summed E-state index contributed by atoms with van der Waals surface area (Å²) in [7, 11) is 3.27. The van der Waals surface area contributed by atoms with Gasteiger partial charge in [0.25, 0.3) is 0 Å². The molecule has 0 bridgehead atoms. The van der Waals surface area contributed by atoms with Gasteiger partial charge in [-0.15, -0.1) is 0 Å². The monoisotopic (exact) mass is 289 g/mol. The average molecular weight is 289 g/mol. The van der Waals surface area contributed by atoms with Gasteiger partial charge in [0, 0.05) is 17.5 Å². The van der Waals surface area contributed by atoms with Crippen LogP contribution in [0.1, 0.15) is 37.8 Å². The molecule has 0 saturated heterocycles. The molecular weight excluding hydrogens is 266 g/mol. The van der Waals surface area contributed by atoms with Crippen LogP contribution in [-0.4, -0.2) is 20.1 Å². The lowest BCUT2D eigenvalue weighted by atomic mass is 10.0. The Hall–Kier alpha value is -1.71. The van der Waals surface area contributed by atoms with Crippen LogP contribution < -0.4 is 14.8 Å². The lowest BCUT2D eigenvalue weighted by Gasteiger charge is -2.20. The summed E-state index contributed by atoms with van der Waals surface area (Å²) in [5.74, 6) is 3.55. The molecular formula is C17H23NO3. The third kappa shape index (κ3) is 2.85. The van der Waals surface area contributed by atoms with E-state index in [1.54, 1.807) is 14.2 Å². The summed E-state index contributed by atoms with van der Waals surface area (Å²) in [6, 6.07) is 5.64. The van der Waals surface area contributed by atoms with Gasteiger partial charge in [0.2, 0.25) is 5.91 Å². The van der Waals surface area contributed by atoms with E-state index >= 15 is 0 Å². The van der Waals surface area contributed by atoms with Crippen molar-refractivity contribution < 1.29 is 14.3 Å². The van der Waals surface area contributed by atoms with Crippen LogP contribution >= 0.6 is 0 Å².